The summed E-state index contributed by atoms with van der Waals surface area (Å²) in [5.41, 5.74) is 3.34. The van der Waals surface area contributed by atoms with Gasteiger partial charge in [-0.1, -0.05) is 17.7 Å². The van der Waals surface area contributed by atoms with Crippen LogP contribution in [0.25, 0.3) is 11.3 Å². The molecular weight excluding hydrogens is 303 g/mol. The average Bonchev–Trinajstić information content (AvgIpc) is 2.84. The van der Waals surface area contributed by atoms with Crippen LogP contribution in [0.2, 0.25) is 5.02 Å². The standard InChI is InChI=1S/C16H20ClFN4/c1-21(2)8-9-22-14-6-7-19-10-11(14)16(20-22)15-12(17)4-3-5-13(15)18/h3-5,19H,6-10H2,1-2H3. The summed E-state index contributed by atoms with van der Waals surface area (Å²) in [5, 5.41) is 8.43. The zero-order chi connectivity index (χ0) is 15.7. The number of hydrogen-bond donors (Lipinski definition) is 1. The van der Waals surface area contributed by atoms with Gasteiger partial charge in [-0.3, -0.25) is 4.68 Å². The summed E-state index contributed by atoms with van der Waals surface area (Å²) >= 11 is 6.23. The molecule has 0 aliphatic carbocycles. The minimum atomic E-state index is -0.321. The molecule has 3 rings (SSSR count). The Kier molecular flexibility index (Phi) is 4.47. The van der Waals surface area contributed by atoms with E-state index in [1.807, 2.05) is 18.8 Å². The summed E-state index contributed by atoms with van der Waals surface area (Å²) in [7, 11) is 4.07. The quantitative estimate of drug-likeness (QED) is 0.939. The van der Waals surface area contributed by atoms with Gasteiger partial charge in [-0.05, 0) is 26.2 Å². The van der Waals surface area contributed by atoms with Gasteiger partial charge >= 0.3 is 0 Å². The number of aromatic nitrogens is 2. The highest BCUT2D eigenvalue weighted by atomic mass is 35.5. The van der Waals surface area contributed by atoms with Crippen molar-refractivity contribution in [2.45, 2.75) is 19.5 Å². The third-order valence-electron chi connectivity index (χ3n) is 3.97. The molecule has 0 amide bonds. The van der Waals surface area contributed by atoms with Gasteiger partial charge in [0.1, 0.15) is 11.5 Å². The molecule has 6 heteroatoms. The van der Waals surface area contributed by atoms with E-state index in [9.17, 15) is 4.39 Å². The van der Waals surface area contributed by atoms with Crippen LogP contribution < -0.4 is 5.32 Å². The highest BCUT2D eigenvalue weighted by Gasteiger charge is 2.24. The molecule has 1 N–H and O–H groups in total. The Balaban J connectivity index is 2.08. The first-order chi connectivity index (χ1) is 10.6. The molecule has 0 fully saturated rings. The smallest absolute Gasteiger partial charge is 0.134 e. The predicted molar refractivity (Wildman–Crippen MR) is 86.6 cm³/mol. The maximum atomic E-state index is 14.3. The first-order valence-corrected chi connectivity index (χ1v) is 7.84. The lowest BCUT2D eigenvalue weighted by molar-refractivity contribution is 0.368. The normalized spacial score (nSPS) is 14.4. The first-order valence-electron chi connectivity index (χ1n) is 7.46. The van der Waals surface area contributed by atoms with Gasteiger partial charge in [0.15, 0.2) is 0 Å². The van der Waals surface area contributed by atoms with E-state index in [1.165, 1.54) is 11.8 Å². The predicted octanol–water partition coefficient (Wildman–Crippen LogP) is 2.55. The molecule has 1 aromatic carbocycles. The van der Waals surface area contributed by atoms with Crippen LogP contribution >= 0.6 is 11.6 Å². The number of benzene rings is 1. The summed E-state index contributed by atoms with van der Waals surface area (Å²) in [6.45, 7) is 3.32. The van der Waals surface area contributed by atoms with Crippen LogP contribution in [-0.4, -0.2) is 41.9 Å². The Hall–Kier alpha value is -1.43. The van der Waals surface area contributed by atoms with Crippen LogP contribution in [0.15, 0.2) is 18.2 Å². The van der Waals surface area contributed by atoms with Crippen molar-refractivity contribution in [3.8, 4) is 11.3 Å². The van der Waals surface area contributed by atoms with Gasteiger partial charge in [-0.2, -0.15) is 5.10 Å². The molecule has 2 heterocycles. The minimum Gasteiger partial charge on any atom is -0.312 e. The summed E-state index contributed by atoms with van der Waals surface area (Å²) < 4.78 is 16.3. The van der Waals surface area contributed by atoms with Crippen molar-refractivity contribution in [2.24, 2.45) is 0 Å². The highest BCUT2D eigenvalue weighted by Crippen LogP contribution is 2.34. The summed E-state index contributed by atoms with van der Waals surface area (Å²) in [6, 6.07) is 4.76. The van der Waals surface area contributed by atoms with E-state index in [1.54, 1.807) is 12.1 Å². The average molecular weight is 323 g/mol. The van der Waals surface area contributed by atoms with Gasteiger partial charge in [-0.25, -0.2) is 4.39 Å². The molecule has 118 valence electrons. The molecule has 4 nitrogen and oxygen atoms in total. The number of halogens is 2. The molecule has 1 aliphatic rings. The fourth-order valence-electron chi connectivity index (χ4n) is 2.82. The fraction of sp³-hybridized carbons (Fsp3) is 0.438. The topological polar surface area (TPSA) is 33.1 Å². The van der Waals surface area contributed by atoms with Crippen LogP contribution in [0.3, 0.4) is 0 Å². The van der Waals surface area contributed by atoms with E-state index in [2.05, 4.69) is 15.3 Å². The van der Waals surface area contributed by atoms with Crippen molar-refractivity contribution in [2.75, 3.05) is 27.2 Å². The van der Waals surface area contributed by atoms with Gasteiger partial charge in [0.25, 0.3) is 0 Å². The third-order valence-corrected chi connectivity index (χ3v) is 4.28. The van der Waals surface area contributed by atoms with E-state index >= 15 is 0 Å². The van der Waals surface area contributed by atoms with Crippen molar-refractivity contribution < 1.29 is 4.39 Å². The zero-order valence-electron chi connectivity index (χ0n) is 12.9. The molecule has 2 aromatic rings. The Morgan fingerprint density at radius 1 is 1.41 bits per heavy atom. The minimum absolute atomic E-state index is 0.321. The van der Waals surface area contributed by atoms with E-state index in [4.69, 9.17) is 11.6 Å². The van der Waals surface area contributed by atoms with Crippen LogP contribution in [0, 0.1) is 5.82 Å². The number of likely N-dealkylation sites (N-methyl/N-ethyl adjacent to an activating group) is 1. The summed E-state index contributed by atoms with van der Waals surface area (Å²) in [4.78, 5) is 2.12. The zero-order valence-corrected chi connectivity index (χ0v) is 13.6. The second-order valence-electron chi connectivity index (χ2n) is 5.82. The number of nitrogens with one attached hydrogen (secondary N) is 1. The lowest BCUT2D eigenvalue weighted by Crippen LogP contribution is -2.26. The molecule has 0 radical (unpaired) electrons. The molecule has 0 spiro atoms. The van der Waals surface area contributed by atoms with Crippen molar-refractivity contribution in [1.82, 2.24) is 20.0 Å². The second kappa shape index (κ2) is 6.36. The van der Waals surface area contributed by atoms with E-state index in [0.717, 1.165) is 31.6 Å². The molecule has 0 saturated heterocycles. The van der Waals surface area contributed by atoms with E-state index < -0.39 is 0 Å². The molecule has 0 bridgehead atoms. The van der Waals surface area contributed by atoms with Crippen molar-refractivity contribution >= 4 is 11.6 Å². The van der Waals surface area contributed by atoms with Crippen molar-refractivity contribution in [3.63, 3.8) is 0 Å². The largest absolute Gasteiger partial charge is 0.312 e. The summed E-state index contributed by atoms with van der Waals surface area (Å²) in [5.74, 6) is -0.321. The Labute approximate surface area is 134 Å². The summed E-state index contributed by atoms with van der Waals surface area (Å²) in [6.07, 6.45) is 0.905. The molecule has 22 heavy (non-hydrogen) atoms. The van der Waals surface area contributed by atoms with Gasteiger partial charge in [0.2, 0.25) is 0 Å². The van der Waals surface area contributed by atoms with Crippen LogP contribution in [-0.2, 0) is 19.5 Å². The molecule has 1 aromatic heterocycles. The number of fused-ring (bicyclic) bond motifs is 1. The van der Waals surface area contributed by atoms with E-state index in [0.29, 0.717) is 22.8 Å². The second-order valence-corrected chi connectivity index (χ2v) is 6.23. The van der Waals surface area contributed by atoms with Crippen LogP contribution in [0.4, 0.5) is 4.39 Å². The molecule has 0 atom stereocenters. The molecule has 0 saturated carbocycles. The molecule has 1 aliphatic heterocycles. The Morgan fingerprint density at radius 2 is 2.23 bits per heavy atom. The van der Waals surface area contributed by atoms with Gasteiger partial charge < -0.3 is 10.2 Å². The van der Waals surface area contributed by atoms with Crippen molar-refractivity contribution in [3.05, 3.63) is 40.3 Å². The Bertz CT molecular complexity index is 661. The lowest BCUT2D eigenvalue weighted by Gasteiger charge is -2.17. The van der Waals surface area contributed by atoms with Crippen LogP contribution in [0.5, 0.6) is 0 Å². The fourth-order valence-corrected chi connectivity index (χ4v) is 3.08. The van der Waals surface area contributed by atoms with Gasteiger partial charge in [0.05, 0.1) is 17.1 Å². The SMILES string of the molecule is CN(C)CCn1nc(-c2c(F)cccc2Cl)c2c1CCNC2. The van der Waals surface area contributed by atoms with Gasteiger partial charge in [-0.15, -0.1) is 0 Å². The Morgan fingerprint density at radius 3 is 2.95 bits per heavy atom. The first kappa shape index (κ1) is 15.5. The van der Waals surface area contributed by atoms with Crippen LogP contribution in [0.1, 0.15) is 11.3 Å². The lowest BCUT2D eigenvalue weighted by atomic mass is 10.0. The molecular formula is C16H20ClFN4. The highest BCUT2D eigenvalue weighted by molar-refractivity contribution is 6.33. The maximum absolute atomic E-state index is 14.3. The van der Waals surface area contributed by atoms with Gasteiger partial charge in [0, 0.05) is 37.3 Å². The number of nitrogens with zero attached hydrogens (tertiary/aromatic N) is 3. The van der Waals surface area contributed by atoms with E-state index in [-0.39, 0.29) is 5.82 Å². The van der Waals surface area contributed by atoms with Crippen molar-refractivity contribution in [1.29, 1.82) is 0 Å². The molecule has 0 unspecified atom stereocenters. The monoisotopic (exact) mass is 322 g/mol. The number of hydrogen-bond acceptors (Lipinski definition) is 3. The number of rotatable bonds is 4. The maximum Gasteiger partial charge on any atom is 0.134 e. The third kappa shape index (κ3) is 2.89.